The van der Waals surface area contributed by atoms with Crippen LogP contribution in [0, 0.1) is 0 Å². The van der Waals surface area contributed by atoms with Crippen molar-refractivity contribution in [1.29, 1.82) is 0 Å². The molecule has 1 aromatic carbocycles. The lowest BCUT2D eigenvalue weighted by Gasteiger charge is -2.01. The predicted octanol–water partition coefficient (Wildman–Crippen LogP) is 1.90. The number of alkyl halides is 1. The number of halogens is 1. The van der Waals surface area contributed by atoms with Gasteiger partial charge in [-0.3, -0.25) is 0 Å². The van der Waals surface area contributed by atoms with Gasteiger partial charge >= 0.3 is 0 Å². The zero-order chi connectivity index (χ0) is 8.97. The summed E-state index contributed by atoms with van der Waals surface area (Å²) in [5, 5.41) is 8.97. The van der Waals surface area contributed by atoms with Gasteiger partial charge in [0, 0.05) is 0 Å². The highest BCUT2D eigenvalue weighted by Gasteiger charge is 2.02. The summed E-state index contributed by atoms with van der Waals surface area (Å²) < 4.78 is 0. The Balaban J connectivity index is 2.64. The number of hydrogen-bond donors (Lipinski definition) is 1. The van der Waals surface area contributed by atoms with Gasteiger partial charge in [0.25, 0.3) is 0 Å². The van der Waals surface area contributed by atoms with E-state index in [2.05, 4.69) is 15.9 Å². The highest BCUT2D eigenvalue weighted by Crippen LogP contribution is 2.12. The molecule has 0 saturated carbocycles. The second kappa shape index (κ2) is 4.26. The second-order valence-corrected chi connectivity index (χ2v) is 3.70. The van der Waals surface area contributed by atoms with Gasteiger partial charge in [0.15, 0.2) is 0 Å². The number of phenolic OH excluding ortho intramolecular Hbond substituents is 1. The third-order valence-corrected chi connectivity index (χ3v) is 2.05. The van der Waals surface area contributed by atoms with Crippen LogP contribution in [0.15, 0.2) is 24.3 Å². The number of hydrogen-bond acceptors (Lipinski definition) is 2. The quantitative estimate of drug-likeness (QED) is 0.634. The van der Waals surface area contributed by atoms with Crippen molar-refractivity contribution in [3.63, 3.8) is 0 Å². The third-order valence-electron chi connectivity index (χ3n) is 1.51. The Bertz CT molecular complexity index is 256. The summed E-state index contributed by atoms with van der Waals surface area (Å²) >= 11 is 3.20. The van der Waals surface area contributed by atoms with Crippen LogP contribution < -0.4 is 0 Å². The van der Waals surface area contributed by atoms with Crippen LogP contribution in [0.25, 0.3) is 0 Å². The molecule has 1 unspecified atom stereocenters. The van der Waals surface area contributed by atoms with Crippen LogP contribution >= 0.6 is 15.9 Å². The molecule has 0 heterocycles. The van der Waals surface area contributed by atoms with E-state index in [4.69, 9.17) is 5.11 Å². The van der Waals surface area contributed by atoms with Crippen molar-refractivity contribution in [2.24, 2.45) is 0 Å². The fraction of sp³-hybridized carbons (Fsp3) is 0.222. The average molecular weight is 229 g/mol. The molecule has 0 aromatic heterocycles. The number of rotatable bonds is 3. The maximum Gasteiger partial charge on any atom is 0.133 e. The van der Waals surface area contributed by atoms with E-state index in [0.29, 0.717) is 6.42 Å². The van der Waals surface area contributed by atoms with Gasteiger partial charge in [-0.15, -0.1) is 0 Å². The Labute approximate surface area is 79.3 Å². The van der Waals surface area contributed by atoms with Crippen LogP contribution in [0.1, 0.15) is 5.56 Å². The van der Waals surface area contributed by atoms with Crippen LogP contribution in [-0.2, 0) is 11.2 Å². The van der Waals surface area contributed by atoms with Crippen molar-refractivity contribution in [3.05, 3.63) is 29.8 Å². The number of aromatic hydroxyl groups is 1. The summed E-state index contributed by atoms with van der Waals surface area (Å²) in [6.07, 6.45) is 1.51. The number of carbonyl (C=O) groups excluding carboxylic acids is 1. The molecule has 0 saturated heterocycles. The van der Waals surface area contributed by atoms with Gasteiger partial charge in [0.2, 0.25) is 0 Å². The molecule has 0 amide bonds. The maximum atomic E-state index is 10.3. The summed E-state index contributed by atoms with van der Waals surface area (Å²) in [5.41, 5.74) is 1.03. The molecular weight excluding hydrogens is 220 g/mol. The van der Waals surface area contributed by atoms with E-state index in [1.165, 1.54) is 0 Å². The molecule has 3 heteroatoms. The van der Waals surface area contributed by atoms with Gasteiger partial charge in [-0.2, -0.15) is 0 Å². The van der Waals surface area contributed by atoms with Crippen molar-refractivity contribution in [2.75, 3.05) is 0 Å². The van der Waals surface area contributed by atoms with Crippen LogP contribution in [-0.4, -0.2) is 16.2 Å². The minimum Gasteiger partial charge on any atom is -0.508 e. The van der Waals surface area contributed by atoms with Gasteiger partial charge in [-0.25, -0.2) is 0 Å². The molecule has 2 nitrogen and oxygen atoms in total. The molecule has 0 aliphatic heterocycles. The molecule has 1 rings (SSSR count). The van der Waals surface area contributed by atoms with Crippen molar-refractivity contribution in [2.45, 2.75) is 11.2 Å². The summed E-state index contributed by atoms with van der Waals surface area (Å²) in [6.45, 7) is 0. The zero-order valence-corrected chi connectivity index (χ0v) is 7.99. The standard InChI is InChI=1S/C9H9BrO2/c10-8(6-11)5-7-1-3-9(12)4-2-7/h1-4,6,8,12H,5H2. The monoisotopic (exact) mass is 228 g/mol. The molecule has 0 radical (unpaired) electrons. The summed E-state index contributed by atoms with van der Waals surface area (Å²) in [5.74, 6) is 0.246. The smallest absolute Gasteiger partial charge is 0.133 e. The molecule has 1 N–H and O–H groups in total. The van der Waals surface area contributed by atoms with Gasteiger partial charge < -0.3 is 9.90 Å². The molecule has 12 heavy (non-hydrogen) atoms. The van der Waals surface area contributed by atoms with Gasteiger partial charge in [0.1, 0.15) is 12.0 Å². The summed E-state index contributed by atoms with van der Waals surface area (Å²) in [7, 11) is 0. The molecule has 0 bridgehead atoms. The molecule has 1 atom stereocenters. The Morgan fingerprint density at radius 1 is 1.42 bits per heavy atom. The van der Waals surface area contributed by atoms with E-state index >= 15 is 0 Å². The number of benzene rings is 1. The minimum absolute atomic E-state index is 0.137. The lowest BCUT2D eigenvalue weighted by molar-refractivity contribution is -0.107. The minimum atomic E-state index is -0.137. The first-order chi connectivity index (χ1) is 5.72. The van der Waals surface area contributed by atoms with Gasteiger partial charge in [0.05, 0.1) is 4.83 Å². The summed E-state index contributed by atoms with van der Waals surface area (Å²) in [4.78, 5) is 10.1. The van der Waals surface area contributed by atoms with Gasteiger partial charge in [-0.05, 0) is 24.1 Å². The topological polar surface area (TPSA) is 37.3 Å². The van der Waals surface area contributed by atoms with E-state index in [-0.39, 0.29) is 10.6 Å². The molecule has 64 valence electrons. The zero-order valence-electron chi connectivity index (χ0n) is 6.40. The van der Waals surface area contributed by atoms with E-state index in [1.807, 2.05) is 0 Å². The molecule has 0 aliphatic rings. The van der Waals surface area contributed by atoms with Crippen molar-refractivity contribution >= 4 is 22.2 Å². The van der Waals surface area contributed by atoms with Crippen molar-refractivity contribution in [1.82, 2.24) is 0 Å². The number of aldehydes is 1. The summed E-state index contributed by atoms with van der Waals surface area (Å²) in [6, 6.07) is 6.82. The Kier molecular flexibility index (Phi) is 3.29. The van der Waals surface area contributed by atoms with Crippen LogP contribution in [0.2, 0.25) is 0 Å². The lowest BCUT2D eigenvalue weighted by atomic mass is 10.1. The fourth-order valence-corrected chi connectivity index (χ4v) is 1.28. The van der Waals surface area contributed by atoms with Crippen LogP contribution in [0.4, 0.5) is 0 Å². The first kappa shape index (κ1) is 9.26. The molecule has 1 aromatic rings. The lowest BCUT2D eigenvalue weighted by Crippen LogP contribution is -2.02. The van der Waals surface area contributed by atoms with E-state index in [0.717, 1.165) is 11.8 Å². The van der Waals surface area contributed by atoms with Crippen LogP contribution in [0.3, 0.4) is 0 Å². The largest absolute Gasteiger partial charge is 0.508 e. The van der Waals surface area contributed by atoms with E-state index < -0.39 is 0 Å². The van der Waals surface area contributed by atoms with Crippen molar-refractivity contribution < 1.29 is 9.90 Å². The normalized spacial score (nSPS) is 12.4. The number of phenols is 1. The number of carbonyl (C=O) groups is 1. The fourth-order valence-electron chi connectivity index (χ4n) is 0.905. The van der Waals surface area contributed by atoms with Crippen molar-refractivity contribution in [3.8, 4) is 5.75 Å². The highest BCUT2D eigenvalue weighted by atomic mass is 79.9. The molecule has 0 spiro atoms. The molecular formula is C9H9BrO2. The highest BCUT2D eigenvalue weighted by molar-refractivity contribution is 9.09. The predicted molar refractivity (Wildman–Crippen MR) is 50.6 cm³/mol. The van der Waals surface area contributed by atoms with Gasteiger partial charge in [-0.1, -0.05) is 28.1 Å². The van der Waals surface area contributed by atoms with E-state index in [9.17, 15) is 4.79 Å². The Morgan fingerprint density at radius 2 is 2.00 bits per heavy atom. The average Bonchev–Trinajstić information content (AvgIpc) is 2.09. The SMILES string of the molecule is O=CC(Br)Cc1ccc(O)cc1. The Morgan fingerprint density at radius 3 is 2.50 bits per heavy atom. The van der Waals surface area contributed by atoms with Crippen LogP contribution in [0.5, 0.6) is 5.75 Å². The first-order valence-corrected chi connectivity index (χ1v) is 4.51. The molecule has 0 fully saturated rings. The molecule has 0 aliphatic carbocycles. The maximum absolute atomic E-state index is 10.3. The van der Waals surface area contributed by atoms with E-state index in [1.54, 1.807) is 24.3 Å². The Hall–Kier alpha value is -0.830. The second-order valence-electron chi connectivity index (χ2n) is 2.52. The first-order valence-electron chi connectivity index (χ1n) is 3.59. The third kappa shape index (κ3) is 2.66.